The van der Waals surface area contributed by atoms with Crippen molar-refractivity contribution in [1.29, 1.82) is 0 Å². The van der Waals surface area contributed by atoms with Crippen LogP contribution in [0.15, 0.2) is 11.4 Å². The van der Waals surface area contributed by atoms with Crippen LogP contribution in [0.3, 0.4) is 0 Å². The van der Waals surface area contributed by atoms with Gasteiger partial charge in [0.1, 0.15) is 16.2 Å². The number of aryl methyl sites for hydroxylation is 1. The second kappa shape index (κ2) is 6.56. The average Bonchev–Trinajstić information content (AvgIpc) is 2.67. The fourth-order valence-corrected chi connectivity index (χ4v) is 2.28. The van der Waals surface area contributed by atoms with Crippen LogP contribution in [0.5, 0.6) is 0 Å². The van der Waals surface area contributed by atoms with Gasteiger partial charge in [0.15, 0.2) is 0 Å². The van der Waals surface area contributed by atoms with E-state index in [4.69, 9.17) is 9.47 Å². The van der Waals surface area contributed by atoms with Crippen molar-refractivity contribution >= 4 is 28.5 Å². The monoisotopic (exact) mass is 328 g/mol. The molecule has 0 aliphatic heterocycles. The molecule has 0 bridgehead atoms. The van der Waals surface area contributed by atoms with Crippen LogP contribution in [0.2, 0.25) is 0 Å². The Hall–Kier alpha value is -1.76. The second-order valence-electron chi connectivity index (χ2n) is 6.89. The molecule has 0 fully saturated rings. The standard InChI is InChI=1S/C15H24N2O4S/c1-10-8-11(22-9-10)17(13(19)21-15(5,6)7)16-12(18)20-14(2,3)4/h8-9H,1-7H3,(H,16,18). The zero-order valence-electron chi connectivity index (χ0n) is 14.1. The van der Waals surface area contributed by atoms with E-state index in [0.717, 1.165) is 10.6 Å². The van der Waals surface area contributed by atoms with E-state index in [9.17, 15) is 9.59 Å². The van der Waals surface area contributed by atoms with Crippen LogP contribution < -0.4 is 10.4 Å². The van der Waals surface area contributed by atoms with Gasteiger partial charge in [0.2, 0.25) is 0 Å². The van der Waals surface area contributed by atoms with Crippen molar-refractivity contribution in [3.63, 3.8) is 0 Å². The van der Waals surface area contributed by atoms with Crippen molar-refractivity contribution in [3.8, 4) is 0 Å². The summed E-state index contributed by atoms with van der Waals surface area (Å²) in [5.41, 5.74) is 2.09. The molecule has 1 N–H and O–H groups in total. The summed E-state index contributed by atoms with van der Waals surface area (Å²) >= 11 is 1.33. The lowest BCUT2D eigenvalue weighted by atomic mass is 10.2. The molecule has 0 saturated heterocycles. The van der Waals surface area contributed by atoms with Gasteiger partial charge in [-0.3, -0.25) is 0 Å². The summed E-state index contributed by atoms with van der Waals surface area (Å²) in [6.45, 7) is 12.4. The fourth-order valence-electron chi connectivity index (χ4n) is 1.42. The Balaban J connectivity index is 2.93. The van der Waals surface area contributed by atoms with Crippen LogP contribution in [-0.2, 0) is 9.47 Å². The molecular weight excluding hydrogens is 304 g/mol. The molecule has 2 amide bonds. The number of ether oxygens (including phenoxy) is 2. The maximum absolute atomic E-state index is 12.3. The topological polar surface area (TPSA) is 67.9 Å². The lowest BCUT2D eigenvalue weighted by molar-refractivity contribution is 0.0426. The van der Waals surface area contributed by atoms with E-state index >= 15 is 0 Å². The summed E-state index contributed by atoms with van der Waals surface area (Å²) < 4.78 is 10.5. The number of nitrogens with zero attached hydrogens (tertiary/aromatic N) is 1. The van der Waals surface area contributed by atoms with Crippen LogP contribution in [0.25, 0.3) is 0 Å². The SMILES string of the molecule is Cc1csc(N(NC(=O)OC(C)(C)C)C(=O)OC(C)(C)C)c1. The molecule has 1 heterocycles. The van der Waals surface area contributed by atoms with Crippen LogP contribution in [0.1, 0.15) is 47.1 Å². The Morgan fingerprint density at radius 1 is 1.09 bits per heavy atom. The summed E-state index contributed by atoms with van der Waals surface area (Å²) in [6, 6.07) is 1.78. The lowest BCUT2D eigenvalue weighted by Crippen LogP contribution is -2.49. The van der Waals surface area contributed by atoms with Crippen molar-refractivity contribution in [2.75, 3.05) is 5.01 Å². The summed E-state index contributed by atoms with van der Waals surface area (Å²) in [4.78, 5) is 24.3. The molecule has 0 spiro atoms. The van der Waals surface area contributed by atoms with Gasteiger partial charge in [0.25, 0.3) is 0 Å². The first kappa shape index (κ1) is 18.3. The molecular formula is C15H24N2O4S. The molecule has 0 aromatic carbocycles. The molecule has 124 valence electrons. The summed E-state index contributed by atoms with van der Waals surface area (Å²) in [5.74, 6) is 0. The molecule has 0 atom stereocenters. The van der Waals surface area contributed by atoms with Gasteiger partial charge in [-0.15, -0.1) is 11.3 Å². The molecule has 6 nitrogen and oxygen atoms in total. The molecule has 1 aromatic heterocycles. The number of rotatable bonds is 1. The maximum Gasteiger partial charge on any atom is 0.434 e. The summed E-state index contributed by atoms with van der Waals surface area (Å²) in [5, 5.41) is 3.50. The number of hydrazine groups is 1. The molecule has 1 aromatic rings. The highest BCUT2D eigenvalue weighted by Gasteiger charge is 2.28. The smallest absolute Gasteiger partial charge is 0.434 e. The molecule has 7 heteroatoms. The fraction of sp³-hybridized carbons (Fsp3) is 0.600. The predicted molar refractivity (Wildman–Crippen MR) is 87.1 cm³/mol. The third-order valence-electron chi connectivity index (χ3n) is 2.12. The Bertz CT molecular complexity index is 540. The van der Waals surface area contributed by atoms with Gasteiger partial charge < -0.3 is 9.47 Å². The van der Waals surface area contributed by atoms with Gasteiger partial charge in [-0.05, 0) is 65.5 Å². The Kier molecular flexibility index (Phi) is 5.45. The van der Waals surface area contributed by atoms with E-state index in [0.29, 0.717) is 5.00 Å². The van der Waals surface area contributed by atoms with Crippen molar-refractivity contribution in [2.24, 2.45) is 0 Å². The van der Waals surface area contributed by atoms with E-state index in [2.05, 4.69) is 5.43 Å². The van der Waals surface area contributed by atoms with E-state index in [1.807, 2.05) is 12.3 Å². The maximum atomic E-state index is 12.3. The predicted octanol–water partition coefficient (Wildman–Crippen LogP) is 4.24. The van der Waals surface area contributed by atoms with Crippen LogP contribution in [0, 0.1) is 6.92 Å². The third-order valence-corrected chi connectivity index (χ3v) is 3.15. The molecule has 22 heavy (non-hydrogen) atoms. The van der Waals surface area contributed by atoms with Crippen molar-refractivity contribution in [3.05, 3.63) is 17.0 Å². The lowest BCUT2D eigenvalue weighted by Gasteiger charge is -2.27. The first-order valence-corrected chi connectivity index (χ1v) is 7.83. The number of hydrogen-bond acceptors (Lipinski definition) is 5. The van der Waals surface area contributed by atoms with E-state index < -0.39 is 23.4 Å². The Morgan fingerprint density at radius 2 is 1.64 bits per heavy atom. The number of hydrogen-bond donors (Lipinski definition) is 1. The van der Waals surface area contributed by atoms with Crippen LogP contribution >= 0.6 is 11.3 Å². The summed E-state index contributed by atoms with van der Waals surface area (Å²) in [6.07, 6.45) is -1.38. The highest BCUT2D eigenvalue weighted by Crippen LogP contribution is 2.25. The molecule has 0 saturated carbocycles. The Labute approximate surface area is 135 Å². The van der Waals surface area contributed by atoms with Gasteiger partial charge in [-0.2, -0.15) is 5.01 Å². The molecule has 0 aliphatic carbocycles. The molecule has 0 radical (unpaired) electrons. The number of carbonyl (C=O) groups excluding carboxylic acids is 2. The first-order valence-electron chi connectivity index (χ1n) is 6.95. The van der Waals surface area contributed by atoms with Gasteiger partial charge in [0, 0.05) is 0 Å². The van der Waals surface area contributed by atoms with Gasteiger partial charge in [0.05, 0.1) is 0 Å². The largest absolute Gasteiger partial charge is 0.443 e. The highest BCUT2D eigenvalue weighted by molar-refractivity contribution is 7.14. The first-order chi connectivity index (χ1) is 9.87. The molecule has 0 aliphatic rings. The summed E-state index contributed by atoms with van der Waals surface area (Å²) in [7, 11) is 0. The van der Waals surface area contributed by atoms with Gasteiger partial charge in [-0.1, -0.05) is 0 Å². The minimum Gasteiger partial charge on any atom is -0.443 e. The minimum absolute atomic E-state index is 0.553. The van der Waals surface area contributed by atoms with Gasteiger partial charge >= 0.3 is 12.2 Å². The van der Waals surface area contributed by atoms with Crippen LogP contribution in [-0.4, -0.2) is 23.4 Å². The van der Waals surface area contributed by atoms with Gasteiger partial charge in [-0.25, -0.2) is 15.0 Å². The zero-order chi connectivity index (χ0) is 17.1. The number of anilines is 1. The number of thiophene rings is 1. The quantitative estimate of drug-likeness (QED) is 0.783. The third kappa shape index (κ3) is 6.34. The van der Waals surface area contributed by atoms with Crippen molar-refractivity contribution in [2.45, 2.75) is 59.7 Å². The van der Waals surface area contributed by atoms with E-state index in [-0.39, 0.29) is 0 Å². The van der Waals surface area contributed by atoms with Crippen LogP contribution in [0.4, 0.5) is 14.6 Å². The number of carbonyl (C=O) groups is 2. The highest BCUT2D eigenvalue weighted by atomic mass is 32.1. The van der Waals surface area contributed by atoms with E-state index in [1.54, 1.807) is 47.6 Å². The van der Waals surface area contributed by atoms with Crippen molar-refractivity contribution < 1.29 is 19.1 Å². The molecule has 0 unspecified atom stereocenters. The van der Waals surface area contributed by atoms with Crippen molar-refractivity contribution in [1.82, 2.24) is 5.43 Å². The molecule has 1 rings (SSSR count). The average molecular weight is 328 g/mol. The minimum atomic E-state index is -0.718. The second-order valence-corrected chi connectivity index (χ2v) is 7.78. The zero-order valence-corrected chi connectivity index (χ0v) is 15.0. The number of nitrogens with one attached hydrogen (secondary N) is 1. The number of amides is 2. The Morgan fingerprint density at radius 3 is 2.05 bits per heavy atom. The normalized spacial score (nSPS) is 11.8. The van der Waals surface area contributed by atoms with E-state index in [1.165, 1.54) is 11.3 Å².